The first-order valence-electron chi connectivity index (χ1n) is 3.14. The molecule has 0 saturated heterocycles. The van der Waals surface area contributed by atoms with E-state index >= 15 is 0 Å². The lowest BCUT2D eigenvalue weighted by molar-refractivity contribution is 0.166. The summed E-state index contributed by atoms with van der Waals surface area (Å²) in [5.41, 5.74) is 0.366. The molecule has 2 rings (SSSR count). The molecule has 0 spiro atoms. The summed E-state index contributed by atoms with van der Waals surface area (Å²) in [5, 5.41) is 18.8. The standard InChI is InChI=1S/C7H6N2O2/c10-6-4-5-2-1-3-8-7(5)9(6)11/h1-4,10-11H. The molecule has 4 nitrogen and oxygen atoms in total. The molecule has 11 heavy (non-hydrogen) atoms. The van der Waals surface area contributed by atoms with Crippen molar-refractivity contribution in [2.24, 2.45) is 0 Å². The van der Waals surface area contributed by atoms with Crippen molar-refractivity contribution in [3.05, 3.63) is 24.4 Å². The highest BCUT2D eigenvalue weighted by molar-refractivity contribution is 5.77. The summed E-state index contributed by atoms with van der Waals surface area (Å²) in [7, 11) is 0. The molecule has 0 atom stereocenters. The minimum absolute atomic E-state index is 0.196. The van der Waals surface area contributed by atoms with Gasteiger partial charge in [-0.1, -0.05) is 0 Å². The molecular weight excluding hydrogens is 144 g/mol. The third kappa shape index (κ3) is 0.724. The second-order valence-electron chi connectivity index (χ2n) is 2.23. The number of hydrogen-bond acceptors (Lipinski definition) is 3. The average molecular weight is 150 g/mol. The lowest BCUT2D eigenvalue weighted by Crippen LogP contribution is -1.89. The van der Waals surface area contributed by atoms with Crippen molar-refractivity contribution in [2.75, 3.05) is 0 Å². The number of fused-ring (bicyclic) bond motifs is 1. The Kier molecular flexibility index (Phi) is 1.03. The van der Waals surface area contributed by atoms with E-state index in [9.17, 15) is 0 Å². The van der Waals surface area contributed by atoms with Crippen molar-refractivity contribution >= 4 is 11.0 Å². The zero-order valence-electron chi connectivity index (χ0n) is 5.60. The van der Waals surface area contributed by atoms with Gasteiger partial charge in [0.25, 0.3) is 0 Å². The molecule has 0 bridgehead atoms. The average Bonchev–Trinajstić information content (AvgIpc) is 2.30. The number of aromatic hydroxyl groups is 1. The SMILES string of the molecule is Oc1cc2cccnc2n1O. The Morgan fingerprint density at radius 3 is 3.00 bits per heavy atom. The summed E-state index contributed by atoms with van der Waals surface area (Å²) in [4.78, 5) is 3.85. The van der Waals surface area contributed by atoms with E-state index in [0.29, 0.717) is 15.8 Å². The molecule has 0 radical (unpaired) electrons. The van der Waals surface area contributed by atoms with Gasteiger partial charge in [0.05, 0.1) is 0 Å². The Hall–Kier alpha value is -1.71. The highest BCUT2D eigenvalue weighted by Crippen LogP contribution is 2.19. The molecular formula is C7H6N2O2. The van der Waals surface area contributed by atoms with Gasteiger partial charge in [-0.25, -0.2) is 4.98 Å². The van der Waals surface area contributed by atoms with Crippen LogP contribution < -0.4 is 0 Å². The highest BCUT2D eigenvalue weighted by Gasteiger charge is 2.04. The second-order valence-corrected chi connectivity index (χ2v) is 2.23. The van der Waals surface area contributed by atoms with Crippen LogP contribution >= 0.6 is 0 Å². The molecule has 0 amide bonds. The first-order chi connectivity index (χ1) is 5.29. The maximum atomic E-state index is 9.10. The summed E-state index contributed by atoms with van der Waals surface area (Å²) >= 11 is 0. The Bertz CT molecular complexity index is 394. The molecule has 0 aliphatic heterocycles. The fourth-order valence-electron chi connectivity index (χ4n) is 1.01. The lowest BCUT2D eigenvalue weighted by atomic mass is 10.3. The van der Waals surface area contributed by atoms with Crippen LogP contribution in [-0.2, 0) is 0 Å². The van der Waals surface area contributed by atoms with Gasteiger partial charge in [-0.3, -0.25) is 0 Å². The highest BCUT2D eigenvalue weighted by atomic mass is 16.5. The summed E-state index contributed by atoms with van der Waals surface area (Å²) < 4.78 is 0.648. The van der Waals surface area contributed by atoms with Crippen LogP contribution in [0.1, 0.15) is 0 Å². The number of pyridine rings is 1. The molecule has 0 saturated carbocycles. The molecule has 2 heterocycles. The third-order valence-corrected chi connectivity index (χ3v) is 1.52. The quantitative estimate of drug-likeness (QED) is 0.550. The molecule has 4 heteroatoms. The summed E-state index contributed by atoms with van der Waals surface area (Å²) in [5.74, 6) is -0.196. The minimum atomic E-state index is -0.196. The lowest BCUT2D eigenvalue weighted by Gasteiger charge is -1.92. The van der Waals surface area contributed by atoms with E-state index in [1.807, 2.05) is 0 Å². The van der Waals surface area contributed by atoms with E-state index in [0.717, 1.165) is 0 Å². The van der Waals surface area contributed by atoms with Crippen molar-refractivity contribution in [1.29, 1.82) is 0 Å². The van der Waals surface area contributed by atoms with Crippen molar-refractivity contribution < 1.29 is 10.3 Å². The molecule has 0 unspecified atom stereocenters. The van der Waals surface area contributed by atoms with Crippen LogP contribution in [0.25, 0.3) is 11.0 Å². The third-order valence-electron chi connectivity index (χ3n) is 1.52. The van der Waals surface area contributed by atoms with E-state index in [1.165, 1.54) is 6.07 Å². The van der Waals surface area contributed by atoms with E-state index in [1.54, 1.807) is 18.3 Å². The Morgan fingerprint density at radius 2 is 2.27 bits per heavy atom. The Labute approximate surface area is 62.3 Å². The molecule has 0 aromatic carbocycles. The van der Waals surface area contributed by atoms with E-state index in [4.69, 9.17) is 10.3 Å². The van der Waals surface area contributed by atoms with Crippen LogP contribution in [0.2, 0.25) is 0 Å². The summed E-state index contributed by atoms with van der Waals surface area (Å²) in [6.45, 7) is 0. The maximum absolute atomic E-state index is 9.10. The van der Waals surface area contributed by atoms with Gasteiger partial charge in [0.1, 0.15) is 0 Å². The largest absolute Gasteiger partial charge is 0.492 e. The zero-order valence-corrected chi connectivity index (χ0v) is 5.60. The Morgan fingerprint density at radius 1 is 1.45 bits per heavy atom. The van der Waals surface area contributed by atoms with Gasteiger partial charge in [-0.05, 0) is 12.1 Å². The van der Waals surface area contributed by atoms with Gasteiger partial charge in [-0.15, -0.1) is 4.73 Å². The van der Waals surface area contributed by atoms with E-state index in [2.05, 4.69) is 4.98 Å². The molecule has 56 valence electrons. The topological polar surface area (TPSA) is 58.3 Å². The van der Waals surface area contributed by atoms with Crippen LogP contribution in [0.3, 0.4) is 0 Å². The van der Waals surface area contributed by atoms with Gasteiger partial charge in [0.15, 0.2) is 5.65 Å². The van der Waals surface area contributed by atoms with Crippen LogP contribution in [-0.4, -0.2) is 20.0 Å². The van der Waals surface area contributed by atoms with Gasteiger partial charge in [-0.2, -0.15) is 0 Å². The second kappa shape index (κ2) is 1.88. The smallest absolute Gasteiger partial charge is 0.227 e. The normalized spacial score (nSPS) is 10.5. The minimum Gasteiger partial charge on any atom is -0.492 e. The van der Waals surface area contributed by atoms with Crippen molar-refractivity contribution in [3.8, 4) is 5.88 Å². The number of nitrogens with zero attached hydrogens (tertiary/aromatic N) is 2. The van der Waals surface area contributed by atoms with Crippen LogP contribution in [0.4, 0.5) is 0 Å². The molecule has 0 aliphatic rings. The molecule has 2 aromatic heterocycles. The Balaban J connectivity index is 2.92. The van der Waals surface area contributed by atoms with Gasteiger partial charge < -0.3 is 10.3 Å². The fourth-order valence-corrected chi connectivity index (χ4v) is 1.01. The summed E-state index contributed by atoms with van der Waals surface area (Å²) in [6.07, 6.45) is 1.55. The first kappa shape index (κ1) is 6.03. The molecule has 0 aliphatic carbocycles. The maximum Gasteiger partial charge on any atom is 0.227 e. The monoisotopic (exact) mass is 150 g/mol. The van der Waals surface area contributed by atoms with Crippen molar-refractivity contribution in [2.45, 2.75) is 0 Å². The predicted octanol–water partition coefficient (Wildman–Crippen LogP) is 0.979. The van der Waals surface area contributed by atoms with Gasteiger partial charge >= 0.3 is 0 Å². The molecule has 0 fully saturated rings. The number of aromatic nitrogens is 2. The molecule has 2 N–H and O–H groups in total. The number of rotatable bonds is 0. The van der Waals surface area contributed by atoms with E-state index in [-0.39, 0.29) is 5.88 Å². The predicted molar refractivity (Wildman–Crippen MR) is 38.6 cm³/mol. The van der Waals surface area contributed by atoms with Crippen LogP contribution in [0, 0.1) is 0 Å². The molecule has 2 aromatic rings. The summed E-state index contributed by atoms with van der Waals surface area (Å²) in [6, 6.07) is 4.94. The number of hydrogen-bond donors (Lipinski definition) is 2. The first-order valence-corrected chi connectivity index (χ1v) is 3.14. The van der Waals surface area contributed by atoms with Crippen LogP contribution in [0.5, 0.6) is 5.88 Å². The van der Waals surface area contributed by atoms with Crippen LogP contribution in [0.15, 0.2) is 24.4 Å². The zero-order chi connectivity index (χ0) is 7.84. The fraction of sp³-hybridized carbons (Fsp3) is 0. The van der Waals surface area contributed by atoms with Gasteiger partial charge in [0.2, 0.25) is 5.88 Å². The van der Waals surface area contributed by atoms with Gasteiger partial charge in [0, 0.05) is 17.6 Å². The van der Waals surface area contributed by atoms with Crippen molar-refractivity contribution in [1.82, 2.24) is 9.71 Å². The van der Waals surface area contributed by atoms with E-state index < -0.39 is 0 Å². The van der Waals surface area contributed by atoms with Crippen molar-refractivity contribution in [3.63, 3.8) is 0 Å².